The van der Waals surface area contributed by atoms with Crippen LogP contribution in [-0.4, -0.2) is 48.1 Å². The summed E-state index contributed by atoms with van der Waals surface area (Å²) in [4.78, 5) is 55.9. The summed E-state index contributed by atoms with van der Waals surface area (Å²) in [6.45, 7) is 3.07. The number of carbonyl (C=O) groups excluding carboxylic acids is 4. The third-order valence-electron chi connectivity index (χ3n) is 7.25. The number of rotatable bonds is 7. The van der Waals surface area contributed by atoms with Crippen LogP contribution in [0, 0.1) is 0 Å². The molecule has 10 heteroatoms. The quantitative estimate of drug-likeness (QED) is 0.254. The lowest BCUT2D eigenvalue weighted by Gasteiger charge is -2.42. The molecule has 3 atom stereocenters. The van der Waals surface area contributed by atoms with Crippen LogP contribution in [0.25, 0.3) is 0 Å². The van der Waals surface area contributed by atoms with Crippen molar-refractivity contribution < 1.29 is 33.4 Å². The van der Waals surface area contributed by atoms with Crippen LogP contribution in [0.15, 0.2) is 78.9 Å². The van der Waals surface area contributed by atoms with E-state index in [1.807, 2.05) is 0 Å². The Kier molecular flexibility index (Phi) is 7.35. The van der Waals surface area contributed by atoms with Crippen LogP contribution in [0.5, 0.6) is 5.75 Å². The van der Waals surface area contributed by atoms with Gasteiger partial charge in [-0.05, 0) is 43.7 Å². The topological polar surface area (TPSA) is 120 Å². The normalized spacial score (nSPS) is 22.3. The van der Waals surface area contributed by atoms with E-state index < -0.39 is 46.9 Å². The van der Waals surface area contributed by atoms with E-state index in [0.29, 0.717) is 5.56 Å². The minimum Gasteiger partial charge on any atom is -0.464 e. The second-order valence-electron chi connectivity index (χ2n) is 9.40. The number of ether oxygens (including phenoxy) is 3. The SMILES string of the molecule is CCOC(=O)C1(C(=O)OCC)NC2c3ccccc3OC(=O)[C@]2(NC(=O)c2ccccc2)[C@@H]1c1ccccc1Cl. The molecule has 5 rings (SSSR count). The number of halogens is 1. The standard InChI is InChI=1S/C30H27ClN2O7/c1-3-38-26(35)30(27(36)39-4-2)23(19-14-8-10-16-21(19)31)29(33-25(34)18-12-6-5-7-13-18)24(32-30)20-15-9-11-17-22(20)40-28(29)37/h5-17,23-24,32H,3-4H2,1-2H3,(H,33,34)/t23-,24?,29-/m0/s1. The van der Waals surface area contributed by atoms with Gasteiger partial charge in [-0.15, -0.1) is 0 Å². The maximum atomic E-state index is 14.2. The van der Waals surface area contributed by atoms with Gasteiger partial charge in [0, 0.05) is 16.1 Å². The lowest BCUT2D eigenvalue weighted by molar-refractivity contribution is -0.167. The third-order valence-corrected chi connectivity index (χ3v) is 7.60. The van der Waals surface area contributed by atoms with Crippen LogP contribution in [-0.2, 0) is 23.9 Å². The smallest absolute Gasteiger partial charge is 0.340 e. The van der Waals surface area contributed by atoms with Gasteiger partial charge in [-0.1, -0.05) is 66.2 Å². The van der Waals surface area contributed by atoms with Crippen molar-refractivity contribution in [3.05, 3.63) is 101 Å². The summed E-state index contributed by atoms with van der Waals surface area (Å²) >= 11 is 6.69. The van der Waals surface area contributed by atoms with Crippen molar-refractivity contribution >= 4 is 35.4 Å². The van der Waals surface area contributed by atoms with Crippen LogP contribution >= 0.6 is 11.6 Å². The molecule has 0 bridgehead atoms. The summed E-state index contributed by atoms with van der Waals surface area (Å²) < 4.78 is 16.7. The fraction of sp³-hybridized carbons (Fsp3) is 0.267. The minimum absolute atomic E-state index is 0.0635. The van der Waals surface area contributed by atoms with E-state index in [4.69, 9.17) is 25.8 Å². The third kappa shape index (κ3) is 4.13. The predicted octanol–water partition coefficient (Wildman–Crippen LogP) is 3.72. The van der Waals surface area contributed by atoms with Crippen LogP contribution in [0.3, 0.4) is 0 Å². The Morgan fingerprint density at radius 3 is 2.08 bits per heavy atom. The average Bonchev–Trinajstić information content (AvgIpc) is 3.27. The number of hydrogen-bond donors (Lipinski definition) is 2. The number of carbonyl (C=O) groups is 4. The predicted molar refractivity (Wildman–Crippen MR) is 145 cm³/mol. The zero-order chi connectivity index (χ0) is 28.5. The molecule has 3 aromatic carbocycles. The van der Waals surface area contributed by atoms with Crippen LogP contribution in [0.1, 0.15) is 47.3 Å². The first kappa shape index (κ1) is 27.4. The van der Waals surface area contributed by atoms with Crippen molar-refractivity contribution in [3.8, 4) is 5.75 Å². The van der Waals surface area contributed by atoms with Crippen molar-refractivity contribution in [1.82, 2.24) is 10.6 Å². The van der Waals surface area contributed by atoms with E-state index in [-0.39, 0.29) is 35.1 Å². The van der Waals surface area contributed by atoms with Gasteiger partial charge in [0.25, 0.3) is 5.91 Å². The first-order valence-electron chi connectivity index (χ1n) is 12.9. The largest absolute Gasteiger partial charge is 0.464 e. The molecule has 2 aliphatic heterocycles. The maximum Gasteiger partial charge on any atom is 0.340 e. The minimum atomic E-state index is -2.29. The zero-order valence-corrected chi connectivity index (χ0v) is 22.6. The number of benzene rings is 3. The van der Waals surface area contributed by atoms with Gasteiger partial charge in [0.15, 0.2) is 5.54 Å². The van der Waals surface area contributed by atoms with Crippen LogP contribution in [0.2, 0.25) is 5.02 Å². The molecular weight excluding hydrogens is 536 g/mol. The van der Waals surface area contributed by atoms with E-state index in [1.54, 1.807) is 92.7 Å². The Bertz CT molecular complexity index is 1460. The maximum absolute atomic E-state index is 14.2. The molecular formula is C30H27ClN2O7. The zero-order valence-electron chi connectivity index (χ0n) is 21.8. The summed E-state index contributed by atoms with van der Waals surface area (Å²) in [7, 11) is 0. The Hall–Kier alpha value is -4.21. The molecule has 0 aliphatic carbocycles. The van der Waals surface area contributed by atoms with E-state index in [2.05, 4.69) is 10.6 Å². The highest BCUT2D eigenvalue weighted by Gasteiger charge is 2.76. The summed E-state index contributed by atoms with van der Waals surface area (Å²) in [5.41, 5.74) is -3.38. The highest BCUT2D eigenvalue weighted by molar-refractivity contribution is 6.31. The number of esters is 3. The highest BCUT2D eigenvalue weighted by Crippen LogP contribution is 2.57. The van der Waals surface area contributed by atoms with Gasteiger partial charge in [0.2, 0.25) is 5.54 Å². The van der Waals surface area contributed by atoms with Gasteiger partial charge in [0.1, 0.15) is 5.75 Å². The number of amides is 1. The lowest BCUT2D eigenvalue weighted by Crippen LogP contribution is -2.66. The van der Waals surface area contributed by atoms with Crippen LogP contribution in [0.4, 0.5) is 0 Å². The number of fused-ring (bicyclic) bond motifs is 3. The second-order valence-corrected chi connectivity index (χ2v) is 9.80. The molecule has 2 heterocycles. The van der Waals surface area contributed by atoms with Crippen molar-refractivity contribution in [2.24, 2.45) is 0 Å². The van der Waals surface area contributed by atoms with E-state index in [1.165, 1.54) is 0 Å². The molecule has 9 nitrogen and oxygen atoms in total. The van der Waals surface area contributed by atoms with E-state index in [0.717, 1.165) is 0 Å². The molecule has 2 aliphatic rings. The Morgan fingerprint density at radius 2 is 1.45 bits per heavy atom. The molecule has 1 amide bonds. The molecule has 40 heavy (non-hydrogen) atoms. The molecule has 206 valence electrons. The first-order valence-corrected chi connectivity index (χ1v) is 13.2. The van der Waals surface area contributed by atoms with Crippen molar-refractivity contribution in [1.29, 1.82) is 0 Å². The van der Waals surface area contributed by atoms with Gasteiger partial charge in [-0.25, -0.2) is 14.4 Å². The van der Waals surface area contributed by atoms with E-state index in [9.17, 15) is 19.2 Å². The summed E-state index contributed by atoms with van der Waals surface area (Å²) in [6, 6.07) is 20.3. The monoisotopic (exact) mass is 562 g/mol. The van der Waals surface area contributed by atoms with Crippen LogP contribution < -0.4 is 15.4 Å². The van der Waals surface area contributed by atoms with Gasteiger partial charge < -0.3 is 19.5 Å². The van der Waals surface area contributed by atoms with Crippen molar-refractivity contribution in [3.63, 3.8) is 0 Å². The summed E-state index contributed by atoms with van der Waals surface area (Å²) in [5.74, 6) is -4.68. The molecule has 0 saturated carbocycles. The number of nitrogens with one attached hydrogen (secondary N) is 2. The van der Waals surface area contributed by atoms with Gasteiger partial charge >= 0.3 is 17.9 Å². The molecule has 3 aromatic rings. The van der Waals surface area contributed by atoms with Crippen molar-refractivity contribution in [2.75, 3.05) is 13.2 Å². The van der Waals surface area contributed by atoms with Crippen molar-refractivity contribution in [2.45, 2.75) is 36.9 Å². The Morgan fingerprint density at radius 1 is 0.875 bits per heavy atom. The van der Waals surface area contributed by atoms with Gasteiger partial charge in [-0.3, -0.25) is 10.1 Å². The average molecular weight is 563 g/mol. The number of hydrogen-bond acceptors (Lipinski definition) is 8. The Labute approximate surface area is 235 Å². The Balaban J connectivity index is 1.85. The summed E-state index contributed by atoms with van der Waals surface area (Å²) in [5, 5.41) is 6.15. The molecule has 1 fully saturated rings. The first-order chi connectivity index (χ1) is 19.3. The van der Waals surface area contributed by atoms with Gasteiger partial charge in [0.05, 0.1) is 25.2 Å². The second kappa shape index (κ2) is 10.7. The number of para-hydroxylation sites is 1. The summed E-state index contributed by atoms with van der Waals surface area (Å²) in [6.07, 6.45) is 0. The van der Waals surface area contributed by atoms with E-state index >= 15 is 0 Å². The fourth-order valence-electron chi connectivity index (χ4n) is 5.65. The molecule has 2 N–H and O–H groups in total. The highest BCUT2D eigenvalue weighted by atomic mass is 35.5. The molecule has 1 unspecified atom stereocenters. The lowest BCUT2D eigenvalue weighted by atomic mass is 9.67. The molecule has 1 saturated heterocycles. The molecule has 0 aromatic heterocycles. The molecule has 0 spiro atoms. The fourth-order valence-corrected chi connectivity index (χ4v) is 5.89. The van der Waals surface area contributed by atoms with Gasteiger partial charge in [-0.2, -0.15) is 0 Å². The molecule has 0 radical (unpaired) electrons.